The van der Waals surface area contributed by atoms with E-state index in [1.165, 1.54) is 43.8 Å². The minimum absolute atomic E-state index is 1.01. The quantitative estimate of drug-likeness (QED) is 0.349. The van der Waals surface area contributed by atoms with Crippen LogP contribution >= 0.6 is 0 Å². The van der Waals surface area contributed by atoms with Crippen molar-refractivity contribution >= 4 is 28.8 Å². The SMILES string of the molecule is c1ccc([Si]2(c3ccccc3)c3ccccc3Cc3cc4c(cc32)Cc2ccccc2-4)cc1. The molecule has 0 saturated carbocycles. The van der Waals surface area contributed by atoms with Crippen molar-refractivity contribution in [2.75, 3.05) is 0 Å². The van der Waals surface area contributed by atoms with Gasteiger partial charge in [0.1, 0.15) is 0 Å². The Morgan fingerprint density at radius 1 is 0.394 bits per heavy atom. The van der Waals surface area contributed by atoms with Crippen molar-refractivity contribution in [3.8, 4) is 11.1 Å². The summed E-state index contributed by atoms with van der Waals surface area (Å²) in [4.78, 5) is 0. The predicted octanol–water partition coefficient (Wildman–Crippen LogP) is 4.54. The second kappa shape index (κ2) is 7.16. The van der Waals surface area contributed by atoms with Gasteiger partial charge in [0.05, 0.1) is 0 Å². The molecule has 0 spiro atoms. The number of fused-ring (bicyclic) bond motifs is 5. The molecular formula is C32H24Si. The van der Waals surface area contributed by atoms with Crippen molar-refractivity contribution in [3.05, 3.63) is 144 Å². The van der Waals surface area contributed by atoms with Crippen molar-refractivity contribution in [1.29, 1.82) is 0 Å². The summed E-state index contributed by atoms with van der Waals surface area (Å²) in [6.07, 6.45) is 2.05. The van der Waals surface area contributed by atoms with Gasteiger partial charge < -0.3 is 0 Å². The van der Waals surface area contributed by atoms with Crippen molar-refractivity contribution in [2.45, 2.75) is 12.8 Å². The third kappa shape index (κ3) is 2.63. The first kappa shape index (κ1) is 18.8. The summed E-state index contributed by atoms with van der Waals surface area (Å²) in [7, 11) is -2.42. The summed E-state index contributed by atoms with van der Waals surface area (Å²) in [6.45, 7) is 0. The lowest BCUT2D eigenvalue weighted by molar-refractivity contribution is 1.19. The van der Waals surface area contributed by atoms with Gasteiger partial charge in [-0.25, -0.2) is 0 Å². The lowest BCUT2D eigenvalue weighted by Crippen LogP contribution is -2.77. The van der Waals surface area contributed by atoms with Crippen LogP contribution in [0.4, 0.5) is 0 Å². The van der Waals surface area contributed by atoms with Crippen LogP contribution in [0.15, 0.2) is 121 Å². The lowest BCUT2D eigenvalue weighted by Gasteiger charge is -2.40. The Morgan fingerprint density at radius 3 is 1.70 bits per heavy atom. The molecule has 1 heteroatoms. The van der Waals surface area contributed by atoms with E-state index in [1.807, 2.05) is 0 Å². The molecule has 0 saturated heterocycles. The number of benzene rings is 5. The molecule has 1 aliphatic heterocycles. The van der Waals surface area contributed by atoms with Gasteiger partial charge in [-0.1, -0.05) is 121 Å². The van der Waals surface area contributed by atoms with Crippen LogP contribution in [0.1, 0.15) is 22.3 Å². The molecule has 2 aliphatic rings. The molecule has 0 unspecified atom stereocenters. The van der Waals surface area contributed by atoms with E-state index in [4.69, 9.17) is 0 Å². The van der Waals surface area contributed by atoms with Gasteiger partial charge in [-0.2, -0.15) is 0 Å². The van der Waals surface area contributed by atoms with Crippen LogP contribution in [0.25, 0.3) is 11.1 Å². The monoisotopic (exact) mass is 436 g/mol. The zero-order chi connectivity index (χ0) is 21.8. The van der Waals surface area contributed by atoms with Crippen molar-refractivity contribution in [1.82, 2.24) is 0 Å². The molecule has 0 N–H and O–H groups in total. The normalized spacial score (nSPS) is 14.7. The van der Waals surface area contributed by atoms with Gasteiger partial charge in [0.15, 0.2) is 8.07 Å². The van der Waals surface area contributed by atoms with E-state index in [9.17, 15) is 0 Å². The molecule has 156 valence electrons. The van der Waals surface area contributed by atoms with Gasteiger partial charge in [-0.15, -0.1) is 0 Å². The van der Waals surface area contributed by atoms with Crippen LogP contribution in [0.3, 0.4) is 0 Å². The minimum Gasteiger partial charge on any atom is -0.0623 e. The molecule has 5 aromatic carbocycles. The molecule has 7 rings (SSSR count). The molecule has 33 heavy (non-hydrogen) atoms. The van der Waals surface area contributed by atoms with E-state index < -0.39 is 8.07 Å². The van der Waals surface area contributed by atoms with Gasteiger partial charge >= 0.3 is 0 Å². The van der Waals surface area contributed by atoms with Crippen molar-refractivity contribution in [2.24, 2.45) is 0 Å². The molecule has 0 nitrogen and oxygen atoms in total. The average molecular weight is 437 g/mol. The van der Waals surface area contributed by atoms with Crippen LogP contribution in [0.2, 0.25) is 0 Å². The zero-order valence-corrected chi connectivity index (χ0v) is 19.5. The molecule has 0 atom stereocenters. The smallest absolute Gasteiger partial charge is 0.0623 e. The van der Waals surface area contributed by atoms with Gasteiger partial charge in [0, 0.05) is 0 Å². The first-order valence-electron chi connectivity index (χ1n) is 11.8. The average Bonchev–Trinajstić information content (AvgIpc) is 3.25. The summed E-state index contributed by atoms with van der Waals surface area (Å²) in [6, 6.07) is 45.9. The molecule has 1 heterocycles. The number of hydrogen-bond donors (Lipinski definition) is 0. The minimum atomic E-state index is -2.42. The van der Waals surface area contributed by atoms with Gasteiger partial charge in [0.25, 0.3) is 0 Å². The molecule has 1 aliphatic carbocycles. The van der Waals surface area contributed by atoms with Gasteiger partial charge in [-0.05, 0) is 67.0 Å². The standard InChI is InChI=1S/C32H24Si/c1-3-13-27(14-4-1)33(28-15-5-2-6-16-28)31-18-10-8-12-24(31)20-26-21-30-25(22-32(26)33)19-23-11-7-9-17-29(23)30/h1-18,21-22H,19-20H2. The Kier molecular flexibility index (Phi) is 4.09. The summed E-state index contributed by atoms with van der Waals surface area (Å²) in [5.74, 6) is 0. The lowest BCUT2D eigenvalue weighted by atomic mass is 9.98. The highest BCUT2D eigenvalue weighted by Gasteiger charge is 2.46. The Bertz CT molecular complexity index is 1460. The first-order chi connectivity index (χ1) is 16.4. The van der Waals surface area contributed by atoms with Gasteiger partial charge in [-0.3, -0.25) is 0 Å². The zero-order valence-electron chi connectivity index (χ0n) is 18.5. The number of rotatable bonds is 2. The van der Waals surface area contributed by atoms with Crippen LogP contribution in [-0.2, 0) is 12.8 Å². The number of hydrogen-bond acceptors (Lipinski definition) is 0. The van der Waals surface area contributed by atoms with Crippen LogP contribution in [0, 0.1) is 0 Å². The Labute approximate surface area is 196 Å². The molecule has 0 amide bonds. The van der Waals surface area contributed by atoms with Crippen LogP contribution in [0.5, 0.6) is 0 Å². The van der Waals surface area contributed by atoms with Crippen LogP contribution < -0.4 is 20.7 Å². The van der Waals surface area contributed by atoms with E-state index in [0.717, 1.165) is 12.8 Å². The Hall–Kier alpha value is -3.68. The maximum atomic E-state index is 2.59. The molecular weight excluding hydrogens is 412 g/mol. The Balaban J connectivity index is 1.61. The topological polar surface area (TPSA) is 0 Å². The van der Waals surface area contributed by atoms with E-state index in [0.29, 0.717) is 0 Å². The van der Waals surface area contributed by atoms with E-state index in [-0.39, 0.29) is 0 Å². The Morgan fingerprint density at radius 2 is 0.970 bits per heavy atom. The molecule has 0 fully saturated rings. The largest absolute Gasteiger partial charge is 0.180 e. The molecule has 0 aromatic heterocycles. The van der Waals surface area contributed by atoms with Crippen molar-refractivity contribution in [3.63, 3.8) is 0 Å². The van der Waals surface area contributed by atoms with Crippen LogP contribution in [-0.4, -0.2) is 8.07 Å². The maximum Gasteiger partial charge on any atom is 0.180 e. The third-order valence-corrected chi connectivity index (χ3v) is 12.6. The molecule has 0 radical (unpaired) electrons. The highest BCUT2D eigenvalue weighted by atomic mass is 28.3. The summed E-state index contributed by atoms with van der Waals surface area (Å²) >= 11 is 0. The maximum absolute atomic E-state index is 2.59. The van der Waals surface area contributed by atoms with E-state index in [2.05, 4.69) is 121 Å². The fourth-order valence-corrected chi connectivity index (χ4v) is 11.6. The summed E-state index contributed by atoms with van der Waals surface area (Å²) < 4.78 is 0. The van der Waals surface area contributed by atoms with E-state index >= 15 is 0 Å². The van der Waals surface area contributed by atoms with Crippen molar-refractivity contribution < 1.29 is 0 Å². The first-order valence-corrected chi connectivity index (χ1v) is 13.8. The summed E-state index contributed by atoms with van der Waals surface area (Å²) in [5, 5.41) is 6.07. The fraction of sp³-hybridized carbons (Fsp3) is 0.0625. The molecule has 5 aromatic rings. The van der Waals surface area contributed by atoms with E-state index in [1.54, 1.807) is 10.4 Å². The molecule has 0 bridgehead atoms. The second-order valence-corrected chi connectivity index (χ2v) is 13.0. The second-order valence-electron chi connectivity index (χ2n) is 9.32. The summed E-state index contributed by atoms with van der Waals surface area (Å²) in [5.41, 5.74) is 8.78. The van der Waals surface area contributed by atoms with Gasteiger partial charge in [0.2, 0.25) is 0 Å². The highest BCUT2D eigenvalue weighted by Crippen LogP contribution is 2.38. The predicted molar refractivity (Wildman–Crippen MR) is 141 cm³/mol. The third-order valence-electron chi connectivity index (χ3n) is 7.64. The highest BCUT2D eigenvalue weighted by molar-refractivity contribution is 7.20. The fourth-order valence-electron chi connectivity index (χ4n) is 6.28.